The zero-order chi connectivity index (χ0) is 13.8. The van der Waals surface area contributed by atoms with E-state index in [-0.39, 0.29) is 17.9 Å². The molecule has 0 aliphatic carbocycles. The number of hydrogen-bond acceptors (Lipinski definition) is 5. The summed E-state index contributed by atoms with van der Waals surface area (Å²) < 4.78 is 6.61. The molecule has 1 N–H and O–H groups in total. The molecule has 0 saturated carbocycles. The van der Waals surface area contributed by atoms with E-state index in [1.807, 2.05) is 6.07 Å². The first-order valence-electron chi connectivity index (χ1n) is 5.34. The molecule has 0 aliphatic heterocycles. The predicted molar refractivity (Wildman–Crippen MR) is 63.8 cm³/mol. The molecule has 0 bridgehead atoms. The number of rotatable bonds is 4. The highest BCUT2D eigenvalue weighted by Crippen LogP contribution is 2.20. The fourth-order valence-corrected chi connectivity index (χ4v) is 1.63. The summed E-state index contributed by atoms with van der Waals surface area (Å²) in [6.07, 6.45) is 1.41. The molecular formula is C12H10N4O3. The summed E-state index contributed by atoms with van der Waals surface area (Å²) in [6.45, 7) is 0.277. The van der Waals surface area contributed by atoms with Crippen LogP contribution in [0.25, 0.3) is 0 Å². The SMILES string of the molecule is COc1ccc(C(=O)O)cc1Cn1cnc(C#N)n1. The smallest absolute Gasteiger partial charge is 0.335 e. The van der Waals surface area contributed by atoms with E-state index in [2.05, 4.69) is 10.1 Å². The van der Waals surface area contributed by atoms with Crippen molar-refractivity contribution in [2.24, 2.45) is 0 Å². The van der Waals surface area contributed by atoms with Crippen molar-refractivity contribution in [3.63, 3.8) is 0 Å². The van der Waals surface area contributed by atoms with Gasteiger partial charge in [0.05, 0.1) is 19.2 Å². The lowest BCUT2D eigenvalue weighted by Crippen LogP contribution is -2.05. The fraction of sp³-hybridized carbons (Fsp3) is 0.167. The monoisotopic (exact) mass is 258 g/mol. The molecule has 1 aromatic carbocycles. The van der Waals surface area contributed by atoms with Gasteiger partial charge >= 0.3 is 5.97 Å². The maximum atomic E-state index is 10.9. The maximum Gasteiger partial charge on any atom is 0.335 e. The van der Waals surface area contributed by atoms with Gasteiger partial charge in [-0.15, -0.1) is 5.10 Å². The van der Waals surface area contributed by atoms with Crippen LogP contribution in [0.4, 0.5) is 0 Å². The van der Waals surface area contributed by atoms with Gasteiger partial charge in [0.15, 0.2) is 0 Å². The molecule has 0 saturated heterocycles. The largest absolute Gasteiger partial charge is 0.496 e. The molecule has 0 atom stereocenters. The zero-order valence-corrected chi connectivity index (χ0v) is 10.1. The number of nitrogens with zero attached hydrogens (tertiary/aromatic N) is 4. The highest BCUT2D eigenvalue weighted by atomic mass is 16.5. The molecule has 19 heavy (non-hydrogen) atoms. The Morgan fingerprint density at radius 3 is 2.95 bits per heavy atom. The van der Waals surface area contributed by atoms with Gasteiger partial charge in [-0.25, -0.2) is 14.5 Å². The molecule has 2 rings (SSSR count). The van der Waals surface area contributed by atoms with E-state index < -0.39 is 5.97 Å². The van der Waals surface area contributed by atoms with Gasteiger partial charge in [0.1, 0.15) is 18.1 Å². The van der Waals surface area contributed by atoms with Gasteiger partial charge in [-0.05, 0) is 18.2 Å². The number of benzene rings is 1. The van der Waals surface area contributed by atoms with Crippen molar-refractivity contribution in [1.29, 1.82) is 5.26 Å². The minimum absolute atomic E-state index is 0.0633. The number of aromatic carboxylic acids is 1. The van der Waals surface area contributed by atoms with Gasteiger partial charge in [-0.3, -0.25) is 0 Å². The Labute approximate surface area is 108 Å². The van der Waals surface area contributed by atoms with Crippen molar-refractivity contribution >= 4 is 5.97 Å². The second-order valence-corrected chi connectivity index (χ2v) is 3.71. The molecule has 7 nitrogen and oxygen atoms in total. The molecule has 0 fully saturated rings. The number of nitriles is 1. The fourth-order valence-electron chi connectivity index (χ4n) is 1.63. The second kappa shape index (κ2) is 5.18. The first-order chi connectivity index (χ1) is 9.13. The van der Waals surface area contributed by atoms with E-state index in [1.54, 1.807) is 6.07 Å². The molecule has 0 amide bonds. The third kappa shape index (κ3) is 2.69. The van der Waals surface area contributed by atoms with E-state index in [4.69, 9.17) is 15.1 Å². The quantitative estimate of drug-likeness (QED) is 0.874. The Hall–Kier alpha value is -2.88. The Morgan fingerprint density at radius 2 is 2.37 bits per heavy atom. The minimum Gasteiger partial charge on any atom is -0.496 e. The third-order valence-corrected chi connectivity index (χ3v) is 2.50. The third-order valence-electron chi connectivity index (χ3n) is 2.50. The summed E-state index contributed by atoms with van der Waals surface area (Å²) in [4.78, 5) is 14.7. The highest BCUT2D eigenvalue weighted by molar-refractivity contribution is 5.88. The van der Waals surface area contributed by atoms with Crippen LogP contribution in [-0.2, 0) is 6.54 Å². The average molecular weight is 258 g/mol. The Bertz CT molecular complexity index is 657. The summed E-state index contributed by atoms with van der Waals surface area (Å²) in [6, 6.07) is 6.38. The molecule has 1 heterocycles. The molecule has 96 valence electrons. The average Bonchev–Trinajstić information content (AvgIpc) is 2.86. The number of methoxy groups -OCH3 is 1. The highest BCUT2D eigenvalue weighted by Gasteiger charge is 2.10. The van der Waals surface area contributed by atoms with Crippen LogP contribution in [0.15, 0.2) is 24.5 Å². The lowest BCUT2D eigenvalue weighted by atomic mass is 10.1. The number of carboxylic acid groups (broad SMARTS) is 1. The van der Waals surface area contributed by atoms with Crippen LogP contribution < -0.4 is 4.74 Å². The number of carbonyl (C=O) groups is 1. The number of hydrogen-bond donors (Lipinski definition) is 1. The molecule has 0 radical (unpaired) electrons. The van der Waals surface area contributed by atoms with Crippen molar-refractivity contribution in [1.82, 2.24) is 14.8 Å². The van der Waals surface area contributed by atoms with E-state index in [0.29, 0.717) is 11.3 Å². The predicted octanol–water partition coefficient (Wildman–Crippen LogP) is 0.905. The van der Waals surface area contributed by atoms with Gasteiger partial charge in [0.2, 0.25) is 0 Å². The second-order valence-electron chi connectivity index (χ2n) is 3.71. The number of carboxylic acids is 1. The normalized spacial score (nSPS) is 9.89. The lowest BCUT2D eigenvalue weighted by Gasteiger charge is -2.09. The van der Waals surface area contributed by atoms with Crippen molar-refractivity contribution < 1.29 is 14.6 Å². The van der Waals surface area contributed by atoms with Crippen molar-refractivity contribution in [3.05, 3.63) is 41.5 Å². The maximum absolute atomic E-state index is 10.9. The standard InChI is InChI=1S/C12H10N4O3/c1-19-10-3-2-8(12(17)18)4-9(10)6-16-7-14-11(5-13)15-16/h2-4,7H,6H2,1H3,(H,17,18). The molecule has 0 unspecified atom stereocenters. The molecule has 0 spiro atoms. The first kappa shape index (κ1) is 12.6. The van der Waals surface area contributed by atoms with E-state index >= 15 is 0 Å². The van der Waals surface area contributed by atoms with Crippen LogP contribution in [0.2, 0.25) is 0 Å². The van der Waals surface area contributed by atoms with E-state index in [1.165, 1.54) is 30.3 Å². The molecule has 1 aromatic heterocycles. The van der Waals surface area contributed by atoms with Gasteiger partial charge in [-0.2, -0.15) is 5.26 Å². The van der Waals surface area contributed by atoms with Gasteiger partial charge in [-0.1, -0.05) is 0 Å². The summed E-state index contributed by atoms with van der Waals surface area (Å²) in [5.41, 5.74) is 0.813. The van der Waals surface area contributed by atoms with E-state index in [9.17, 15) is 4.79 Å². The minimum atomic E-state index is -1.01. The van der Waals surface area contributed by atoms with Crippen molar-refractivity contribution in [3.8, 4) is 11.8 Å². The number of aromatic nitrogens is 3. The summed E-state index contributed by atoms with van der Waals surface area (Å²) in [5, 5.41) is 21.5. The summed E-state index contributed by atoms with van der Waals surface area (Å²) in [7, 11) is 1.50. The lowest BCUT2D eigenvalue weighted by molar-refractivity contribution is 0.0696. The van der Waals surface area contributed by atoms with Gasteiger partial charge in [0.25, 0.3) is 5.82 Å². The topological polar surface area (TPSA) is 101 Å². The molecule has 7 heteroatoms. The van der Waals surface area contributed by atoms with Crippen LogP contribution in [0.5, 0.6) is 5.75 Å². The van der Waals surface area contributed by atoms with Gasteiger partial charge in [0, 0.05) is 5.56 Å². The Kier molecular flexibility index (Phi) is 3.43. The van der Waals surface area contributed by atoms with E-state index in [0.717, 1.165) is 0 Å². The Morgan fingerprint density at radius 1 is 1.58 bits per heavy atom. The van der Waals surface area contributed by atoms with Crippen molar-refractivity contribution in [2.45, 2.75) is 6.54 Å². The van der Waals surface area contributed by atoms with Crippen LogP contribution >= 0.6 is 0 Å². The molecule has 2 aromatic rings. The van der Waals surface area contributed by atoms with Gasteiger partial charge < -0.3 is 9.84 Å². The summed E-state index contributed by atoms with van der Waals surface area (Å²) >= 11 is 0. The Balaban J connectivity index is 2.34. The number of ether oxygens (including phenoxy) is 1. The molecular weight excluding hydrogens is 248 g/mol. The zero-order valence-electron chi connectivity index (χ0n) is 10.1. The van der Waals surface area contributed by atoms with Crippen molar-refractivity contribution in [2.75, 3.05) is 7.11 Å². The van der Waals surface area contributed by atoms with Crippen LogP contribution in [0, 0.1) is 11.3 Å². The molecule has 0 aliphatic rings. The summed E-state index contributed by atoms with van der Waals surface area (Å²) in [5.74, 6) is -0.396. The van der Waals surface area contributed by atoms with Crippen LogP contribution in [0.3, 0.4) is 0 Å². The first-order valence-corrected chi connectivity index (χ1v) is 5.34. The van der Waals surface area contributed by atoms with Crippen LogP contribution in [0.1, 0.15) is 21.7 Å². The van der Waals surface area contributed by atoms with Crippen LogP contribution in [-0.4, -0.2) is 33.0 Å².